The smallest absolute Gasteiger partial charge is 0.269 e. The fourth-order valence-corrected chi connectivity index (χ4v) is 5.57. The Morgan fingerprint density at radius 2 is 1.78 bits per heavy atom. The van der Waals surface area contributed by atoms with Gasteiger partial charge in [-0.2, -0.15) is 0 Å². The van der Waals surface area contributed by atoms with E-state index in [2.05, 4.69) is 10.2 Å². The van der Waals surface area contributed by atoms with Crippen LogP contribution in [0.25, 0.3) is 17.1 Å². The molecule has 0 bridgehead atoms. The average molecular weight is 573 g/mol. The molecule has 0 N–H and O–H groups in total. The number of piperazine rings is 1. The molecule has 1 saturated heterocycles. The van der Waals surface area contributed by atoms with Crippen LogP contribution in [0.2, 0.25) is 0 Å². The van der Waals surface area contributed by atoms with E-state index in [0.29, 0.717) is 41.9 Å². The average Bonchev–Trinajstić information content (AvgIpc) is 3.44. The van der Waals surface area contributed by atoms with Crippen LogP contribution in [0.4, 0.5) is 5.69 Å². The third kappa shape index (κ3) is 6.07. The van der Waals surface area contributed by atoms with Gasteiger partial charge in [0.15, 0.2) is 11.0 Å². The van der Waals surface area contributed by atoms with Gasteiger partial charge < -0.3 is 14.5 Å². The van der Waals surface area contributed by atoms with Crippen LogP contribution in [0.15, 0.2) is 84.0 Å². The van der Waals surface area contributed by atoms with Crippen molar-refractivity contribution in [1.82, 2.24) is 24.6 Å². The number of hydrogen-bond donors (Lipinski definition) is 0. The molecule has 5 rings (SSSR count). The number of thioether (sulfide) groups is 1. The Morgan fingerprint density at radius 3 is 2.46 bits per heavy atom. The number of ether oxygens (including phenoxy) is 1. The summed E-state index contributed by atoms with van der Waals surface area (Å²) in [7, 11) is 1.61. The molecule has 1 unspecified atom stereocenters. The van der Waals surface area contributed by atoms with Crippen molar-refractivity contribution in [1.29, 1.82) is 0 Å². The summed E-state index contributed by atoms with van der Waals surface area (Å²) in [6.45, 7) is 3.04. The van der Waals surface area contributed by atoms with Gasteiger partial charge in [0, 0.05) is 54.6 Å². The Kier molecular flexibility index (Phi) is 8.29. The number of nitro benzene ring substituents is 1. The van der Waals surface area contributed by atoms with Gasteiger partial charge in [0.2, 0.25) is 5.91 Å². The summed E-state index contributed by atoms with van der Waals surface area (Å²) >= 11 is 1.31. The zero-order chi connectivity index (χ0) is 28.9. The SMILES string of the molecule is COc1cccc(-c2nnc(SCC(=O)N3CCN(C(=O)c4ccc([N+](=O)[O-])cc4)C(C)C3)n2-c2ccccc2)c1. The highest BCUT2D eigenvalue weighted by Crippen LogP contribution is 2.30. The van der Waals surface area contributed by atoms with Crippen LogP contribution < -0.4 is 4.74 Å². The molecule has 1 aliphatic rings. The summed E-state index contributed by atoms with van der Waals surface area (Å²) in [6, 6.07) is 22.7. The maximum atomic E-state index is 13.2. The Labute approximate surface area is 240 Å². The first-order valence-electron chi connectivity index (χ1n) is 13.0. The number of nitrogens with zero attached hydrogens (tertiary/aromatic N) is 6. The van der Waals surface area contributed by atoms with Gasteiger partial charge in [0.25, 0.3) is 11.6 Å². The molecule has 2 amide bonds. The van der Waals surface area contributed by atoms with Gasteiger partial charge >= 0.3 is 0 Å². The molecule has 1 aromatic heterocycles. The van der Waals surface area contributed by atoms with Crippen LogP contribution in [0.3, 0.4) is 0 Å². The van der Waals surface area contributed by atoms with Gasteiger partial charge in [-0.25, -0.2) is 0 Å². The molecular weight excluding hydrogens is 544 g/mol. The minimum absolute atomic E-state index is 0.0603. The number of benzene rings is 3. The largest absolute Gasteiger partial charge is 0.497 e. The minimum atomic E-state index is -0.499. The second kappa shape index (κ2) is 12.2. The van der Waals surface area contributed by atoms with Crippen molar-refractivity contribution in [3.63, 3.8) is 0 Å². The molecule has 4 aromatic rings. The van der Waals surface area contributed by atoms with Gasteiger partial charge in [-0.05, 0) is 43.3 Å². The predicted octanol–water partition coefficient (Wildman–Crippen LogP) is 4.32. The van der Waals surface area contributed by atoms with Crippen molar-refractivity contribution in [2.24, 2.45) is 0 Å². The lowest BCUT2D eigenvalue weighted by atomic mass is 10.1. The molecule has 2 heterocycles. The van der Waals surface area contributed by atoms with Gasteiger partial charge in [0.05, 0.1) is 17.8 Å². The monoisotopic (exact) mass is 572 g/mol. The Morgan fingerprint density at radius 1 is 1.02 bits per heavy atom. The second-order valence-corrected chi connectivity index (χ2v) is 10.4. The maximum Gasteiger partial charge on any atom is 0.269 e. The molecule has 12 heteroatoms. The summed E-state index contributed by atoms with van der Waals surface area (Å²) in [4.78, 5) is 40.1. The predicted molar refractivity (Wildman–Crippen MR) is 154 cm³/mol. The van der Waals surface area contributed by atoms with E-state index in [4.69, 9.17) is 4.74 Å². The minimum Gasteiger partial charge on any atom is -0.497 e. The number of carbonyl (C=O) groups excluding carboxylic acids is 2. The molecule has 0 radical (unpaired) electrons. The van der Waals surface area contributed by atoms with E-state index < -0.39 is 4.92 Å². The van der Waals surface area contributed by atoms with Crippen molar-refractivity contribution in [3.8, 4) is 22.8 Å². The highest BCUT2D eigenvalue weighted by Gasteiger charge is 2.31. The van der Waals surface area contributed by atoms with E-state index in [0.717, 1.165) is 11.3 Å². The number of amides is 2. The first-order valence-corrected chi connectivity index (χ1v) is 14.0. The van der Waals surface area contributed by atoms with E-state index in [1.165, 1.54) is 36.0 Å². The molecule has 0 saturated carbocycles. The first kappa shape index (κ1) is 27.8. The van der Waals surface area contributed by atoms with Crippen LogP contribution >= 0.6 is 11.8 Å². The molecule has 1 atom stereocenters. The van der Waals surface area contributed by atoms with Crippen LogP contribution in [0.5, 0.6) is 5.75 Å². The number of rotatable bonds is 8. The number of carbonyl (C=O) groups is 2. The van der Waals surface area contributed by atoms with Crippen LogP contribution in [-0.2, 0) is 4.79 Å². The molecule has 0 spiro atoms. The van der Waals surface area contributed by atoms with Crippen molar-refractivity contribution in [2.75, 3.05) is 32.5 Å². The van der Waals surface area contributed by atoms with E-state index in [9.17, 15) is 19.7 Å². The van der Waals surface area contributed by atoms with E-state index in [1.54, 1.807) is 16.9 Å². The van der Waals surface area contributed by atoms with Crippen LogP contribution in [0.1, 0.15) is 17.3 Å². The number of methoxy groups -OCH3 is 1. The number of hydrogen-bond acceptors (Lipinski definition) is 8. The molecule has 210 valence electrons. The molecule has 1 aliphatic heterocycles. The zero-order valence-electron chi connectivity index (χ0n) is 22.5. The van der Waals surface area contributed by atoms with Crippen molar-refractivity contribution < 1.29 is 19.2 Å². The van der Waals surface area contributed by atoms with Gasteiger partial charge in [-0.1, -0.05) is 42.1 Å². The fourth-order valence-electron chi connectivity index (χ4n) is 4.72. The molecular formula is C29H28N6O5S. The molecule has 3 aromatic carbocycles. The number of nitro groups is 1. The van der Waals surface area contributed by atoms with E-state index in [-0.39, 0.29) is 29.3 Å². The van der Waals surface area contributed by atoms with Gasteiger partial charge in [0.1, 0.15) is 5.75 Å². The molecule has 41 heavy (non-hydrogen) atoms. The highest BCUT2D eigenvalue weighted by atomic mass is 32.2. The normalized spacial score (nSPS) is 15.0. The third-order valence-corrected chi connectivity index (χ3v) is 7.78. The standard InChI is InChI=1S/C29H28N6O5S/c1-20-18-32(15-16-33(20)28(37)21-11-13-24(14-12-21)35(38)39)26(36)19-41-29-31-30-27(22-7-6-10-25(17-22)40-2)34(29)23-8-4-3-5-9-23/h3-14,17,20H,15-16,18-19H2,1-2H3. The summed E-state index contributed by atoms with van der Waals surface area (Å²) in [6.07, 6.45) is 0. The number of para-hydroxylation sites is 1. The first-order chi connectivity index (χ1) is 19.9. The fraction of sp³-hybridized carbons (Fsp3) is 0.241. The zero-order valence-corrected chi connectivity index (χ0v) is 23.4. The highest BCUT2D eigenvalue weighted by molar-refractivity contribution is 7.99. The third-order valence-electron chi connectivity index (χ3n) is 6.87. The Hall–Kier alpha value is -4.71. The number of aromatic nitrogens is 3. The molecule has 1 fully saturated rings. The van der Waals surface area contributed by atoms with Crippen LogP contribution in [0, 0.1) is 10.1 Å². The second-order valence-electron chi connectivity index (χ2n) is 9.49. The topological polar surface area (TPSA) is 124 Å². The van der Waals surface area contributed by atoms with Gasteiger partial charge in [-0.15, -0.1) is 10.2 Å². The van der Waals surface area contributed by atoms with Crippen molar-refractivity contribution in [2.45, 2.75) is 18.1 Å². The quantitative estimate of drug-likeness (QED) is 0.174. The lowest BCUT2D eigenvalue weighted by Crippen LogP contribution is -2.55. The van der Waals surface area contributed by atoms with Gasteiger partial charge in [-0.3, -0.25) is 24.3 Å². The molecule has 0 aliphatic carbocycles. The van der Waals surface area contributed by atoms with E-state index >= 15 is 0 Å². The summed E-state index contributed by atoms with van der Waals surface area (Å²) in [5, 5.41) is 20.4. The van der Waals surface area contributed by atoms with Crippen LogP contribution in [-0.4, -0.2) is 79.8 Å². The summed E-state index contributed by atoms with van der Waals surface area (Å²) < 4.78 is 7.31. The lowest BCUT2D eigenvalue weighted by Gasteiger charge is -2.40. The maximum absolute atomic E-state index is 13.2. The summed E-state index contributed by atoms with van der Waals surface area (Å²) in [5.41, 5.74) is 2.02. The Bertz CT molecular complexity index is 1560. The van der Waals surface area contributed by atoms with Crippen molar-refractivity contribution in [3.05, 3.63) is 94.5 Å². The lowest BCUT2D eigenvalue weighted by molar-refractivity contribution is -0.384. The molecule has 11 nitrogen and oxygen atoms in total. The summed E-state index contributed by atoms with van der Waals surface area (Å²) in [5.74, 6) is 1.23. The van der Waals surface area contributed by atoms with Crippen molar-refractivity contribution >= 4 is 29.3 Å². The number of non-ortho nitro benzene ring substituents is 1. The Balaban J connectivity index is 1.27. The van der Waals surface area contributed by atoms with E-state index in [1.807, 2.05) is 66.1 Å².